The molecular weight excluding hydrogens is 309 g/mol. The second-order valence-electron chi connectivity index (χ2n) is 6.07. The van der Waals surface area contributed by atoms with Crippen LogP contribution < -0.4 is 0 Å². The number of hydrogen-bond acceptors (Lipinski definition) is 0. The topological polar surface area (TPSA) is 0 Å². The second kappa shape index (κ2) is 7.08. The molecule has 0 heterocycles. The average molecular weight is 328 g/mol. The van der Waals surface area contributed by atoms with E-state index in [1.165, 1.54) is 24.5 Å². The van der Waals surface area contributed by atoms with Gasteiger partial charge in [-0.1, -0.05) is 56.2 Å². The first kappa shape index (κ1) is 16.6. The molecule has 3 aromatic carbocycles. The van der Waals surface area contributed by atoms with Crippen LogP contribution in [0.25, 0.3) is 21.9 Å². The van der Waals surface area contributed by atoms with Crippen LogP contribution in [0.2, 0.25) is 0 Å². The zero-order valence-corrected chi connectivity index (χ0v) is 13.6. The summed E-state index contributed by atoms with van der Waals surface area (Å²) in [6.45, 7) is 2.16. The third-order valence-corrected chi connectivity index (χ3v) is 4.32. The number of rotatable bonds is 5. The molecule has 0 fully saturated rings. The molecule has 3 rings (SSSR count). The predicted molar refractivity (Wildman–Crippen MR) is 92.5 cm³/mol. The van der Waals surface area contributed by atoms with E-state index < -0.39 is 17.5 Å². The summed E-state index contributed by atoms with van der Waals surface area (Å²) in [6.07, 6.45) is 4.45. The Balaban J connectivity index is 1.98. The molecule has 0 aliphatic carbocycles. The normalized spacial score (nSPS) is 11.2. The van der Waals surface area contributed by atoms with Crippen LogP contribution in [0.3, 0.4) is 0 Å². The number of fused-ring (bicyclic) bond motifs is 1. The van der Waals surface area contributed by atoms with Gasteiger partial charge >= 0.3 is 0 Å². The molecule has 0 atom stereocenters. The molecule has 0 unspecified atom stereocenters. The number of halogens is 3. The van der Waals surface area contributed by atoms with Gasteiger partial charge in [-0.2, -0.15) is 0 Å². The first-order chi connectivity index (χ1) is 11.6. The summed E-state index contributed by atoms with van der Waals surface area (Å²) in [7, 11) is 0. The van der Waals surface area contributed by atoms with E-state index in [9.17, 15) is 13.2 Å². The monoisotopic (exact) mass is 328 g/mol. The molecule has 0 radical (unpaired) electrons. The van der Waals surface area contributed by atoms with E-state index in [1.807, 2.05) is 18.2 Å². The number of unbranched alkanes of at least 4 members (excludes halogenated alkanes) is 2. The van der Waals surface area contributed by atoms with E-state index in [4.69, 9.17) is 0 Å². The van der Waals surface area contributed by atoms with Gasteiger partial charge in [-0.05, 0) is 41.5 Å². The van der Waals surface area contributed by atoms with E-state index in [2.05, 4.69) is 6.92 Å². The van der Waals surface area contributed by atoms with Gasteiger partial charge in [0.05, 0.1) is 0 Å². The van der Waals surface area contributed by atoms with Gasteiger partial charge in [0, 0.05) is 10.9 Å². The van der Waals surface area contributed by atoms with Crippen LogP contribution in [-0.4, -0.2) is 0 Å². The van der Waals surface area contributed by atoms with Crippen LogP contribution in [0.4, 0.5) is 13.2 Å². The first-order valence-electron chi connectivity index (χ1n) is 8.26. The highest BCUT2D eigenvalue weighted by molar-refractivity contribution is 5.88. The second-order valence-corrected chi connectivity index (χ2v) is 6.07. The summed E-state index contributed by atoms with van der Waals surface area (Å²) in [5.41, 5.74) is 1.80. The van der Waals surface area contributed by atoms with Gasteiger partial charge in [-0.15, -0.1) is 0 Å². The summed E-state index contributed by atoms with van der Waals surface area (Å²) in [5.74, 6) is -2.31. The first-order valence-corrected chi connectivity index (χ1v) is 8.26. The molecule has 124 valence electrons. The molecule has 24 heavy (non-hydrogen) atoms. The lowest BCUT2D eigenvalue weighted by Gasteiger charge is -2.09. The van der Waals surface area contributed by atoms with Crippen molar-refractivity contribution >= 4 is 10.8 Å². The van der Waals surface area contributed by atoms with Gasteiger partial charge in [-0.3, -0.25) is 0 Å². The van der Waals surface area contributed by atoms with E-state index >= 15 is 0 Å². The van der Waals surface area contributed by atoms with Crippen molar-refractivity contribution < 1.29 is 13.2 Å². The molecule has 0 amide bonds. The lowest BCUT2D eigenvalue weighted by Crippen LogP contribution is -1.91. The van der Waals surface area contributed by atoms with Crippen molar-refractivity contribution in [3.8, 4) is 11.1 Å². The third-order valence-electron chi connectivity index (χ3n) is 4.32. The van der Waals surface area contributed by atoms with E-state index in [0.717, 1.165) is 30.4 Å². The Bertz CT molecular complexity index is 868. The van der Waals surface area contributed by atoms with Crippen molar-refractivity contribution in [3.05, 3.63) is 71.5 Å². The minimum absolute atomic E-state index is 0.278. The largest absolute Gasteiger partial charge is 0.206 e. The molecule has 0 aliphatic heterocycles. The Labute approximate surface area is 139 Å². The highest BCUT2D eigenvalue weighted by Gasteiger charge is 2.12. The van der Waals surface area contributed by atoms with E-state index in [0.29, 0.717) is 10.9 Å². The fourth-order valence-corrected chi connectivity index (χ4v) is 2.96. The van der Waals surface area contributed by atoms with Crippen molar-refractivity contribution in [1.82, 2.24) is 0 Å². The standard InChI is InChI=1S/C21H19F3/c1-2-3-4-5-14-6-9-17-15(12-14)7-10-18(21(17)24)16-8-11-19(22)20(23)13-16/h6-13H,2-5H2,1H3. The smallest absolute Gasteiger partial charge is 0.159 e. The molecule has 0 saturated carbocycles. The Morgan fingerprint density at radius 2 is 1.62 bits per heavy atom. The van der Waals surface area contributed by atoms with Gasteiger partial charge in [0.1, 0.15) is 5.82 Å². The lowest BCUT2D eigenvalue weighted by molar-refractivity contribution is 0.509. The van der Waals surface area contributed by atoms with Crippen LogP contribution in [0, 0.1) is 17.5 Å². The van der Waals surface area contributed by atoms with Crippen LogP contribution >= 0.6 is 0 Å². The fraction of sp³-hybridized carbons (Fsp3) is 0.238. The summed E-state index contributed by atoms with van der Waals surface area (Å²) in [4.78, 5) is 0. The average Bonchev–Trinajstić information content (AvgIpc) is 2.58. The van der Waals surface area contributed by atoms with Gasteiger partial charge < -0.3 is 0 Å². The molecule has 0 N–H and O–H groups in total. The minimum Gasteiger partial charge on any atom is -0.206 e. The van der Waals surface area contributed by atoms with Crippen LogP contribution in [0.1, 0.15) is 31.7 Å². The fourth-order valence-electron chi connectivity index (χ4n) is 2.96. The van der Waals surface area contributed by atoms with Gasteiger partial charge in [0.25, 0.3) is 0 Å². The molecule has 0 nitrogen and oxygen atoms in total. The minimum atomic E-state index is -0.974. The maximum Gasteiger partial charge on any atom is 0.159 e. The Hall–Kier alpha value is -2.29. The Morgan fingerprint density at radius 1 is 0.792 bits per heavy atom. The maximum absolute atomic E-state index is 14.8. The van der Waals surface area contributed by atoms with Crippen LogP contribution in [-0.2, 0) is 6.42 Å². The van der Waals surface area contributed by atoms with Gasteiger partial charge in [-0.25, -0.2) is 13.2 Å². The van der Waals surface area contributed by atoms with E-state index in [1.54, 1.807) is 12.1 Å². The highest BCUT2D eigenvalue weighted by atomic mass is 19.2. The molecule has 3 aromatic rings. The highest BCUT2D eigenvalue weighted by Crippen LogP contribution is 2.30. The number of benzene rings is 3. The molecule has 0 aliphatic rings. The number of aryl methyl sites for hydroxylation is 1. The molecule has 0 saturated heterocycles. The third kappa shape index (κ3) is 3.30. The number of hydrogen-bond donors (Lipinski definition) is 0. The molecule has 0 aromatic heterocycles. The zero-order valence-electron chi connectivity index (χ0n) is 13.6. The van der Waals surface area contributed by atoms with Crippen molar-refractivity contribution in [3.63, 3.8) is 0 Å². The zero-order chi connectivity index (χ0) is 17.1. The molecule has 3 heteroatoms. The van der Waals surface area contributed by atoms with Gasteiger partial charge in [0.15, 0.2) is 11.6 Å². The van der Waals surface area contributed by atoms with Crippen molar-refractivity contribution in [2.75, 3.05) is 0 Å². The Kier molecular flexibility index (Phi) is 4.89. The predicted octanol–water partition coefficient (Wildman–Crippen LogP) is 6.66. The van der Waals surface area contributed by atoms with Crippen LogP contribution in [0.15, 0.2) is 48.5 Å². The lowest BCUT2D eigenvalue weighted by atomic mass is 9.97. The SMILES string of the molecule is CCCCCc1ccc2c(F)c(-c3ccc(F)c(F)c3)ccc2c1. The van der Waals surface area contributed by atoms with Gasteiger partial charge in [0.2, 0.25) is 0 Å². The van der Waals surface area contributed by atoms with Crippen LogP contribution in [0.5, 0.6) is 0 Å². The van der Waals surface area contributed by atoms with Crippen molar-refractivity contribution in [2.45, 2.75) is 32.6 Å². The summed E-state index contributed by atoms with van der Waals surface area (Å²) in [5, 5.41) is 1.32. The summed E-state index contributed by atoms with van der Waals surface area (Å²) < 4.78 is 41.3. The molecule has 0 bridgehead atoms. The molecule has 0 spiro atoms. The Morgan fingerprint density at radius 3 is 2.38 bits per heavy atom. The van der Waals surface area contributed by atoms with Crippen molar-refractivity contribution in [1.29, 1.82) is 0 Å². The quantitative estimate of drug-likeness (QED) is 0.460. The maximum atomic E-state index is 14.8. The molecular formula is C21H19F3. The van der Waals surface area contributed by atoms with E-state index in [-0.39, 0.29) is 5.56 Å². The summed E-state index contributed by atoms with van der Waals surface area (Å²) >= 11 is 0. The summed E-state index contributed by atoms with van der Waals surface area (Å²) in [6, 6.07) is 12.6. The van der Waals surface area contributed by atoms with Crippen molar-refractivity contribution in [2.24, 2.45) is 0 Å².